The van der Waals surface area contributed by atoms with Crippen molar-refractivity contribution in [3.05, 3.63) is 47.1 Å². The first-order chi connectivity index (χ1) is 13.6. The Labute approximate surface area is 167 Å². The van der Waals surface area contributed by atoms with Crippen LogP contribution in [0.5, 0.6) is 5.06 Å². The number of carbonyl (C=O) groups excluding carboxylic acids is 1. The van der Waals surface area contributed by atoms with Crippen LogP contribution in [0, 0.1) is 11.6 Å². The number of amides is 1. The quantitative estimate of drug-likeness (QED) is 0.652. The number of carbonyl (C=O) groups is 1. The fourth-order valence-corrected chi connectivity index (χ4v) is 4.33. The maximum absolute atomic E-state index is 13.9. The summed E-state index contributed by atoms with van der Waals surface area (Å²) in [6, 6.07) is 3.59. The summed E-state index contributed by atoms with van der Waals surface area (Å²) >= 11 is 2.16. The second-order valence-electron chi connectivity index (χ2n) is 6.18. The number of thiazole rings is 1. The summed E-state index contributed by atoms with van der Waals surface area (Å²) in [5.74, 6) is -1.93. The molecule has 3 aromatic rings. The van der Waals surface area contributed by atoms with E-state index >= 15 is 0 Å². The van der Waals surface area contributed by atoms with E-state index in [0.717, 1.165) is 60.9 Å². The van der Waals surface area contributed by atoms with Crippen LogP contribution in [0.1, 0.15) is 23.3 Å². The molecule has 146 valence electrons. The highest BCUT2D eigenvalue weighted by atomic mass is 32.1. The van der Waals surface area contributed by atoms with Crippen molar-refractivity contribution in [3.63, 3.8) is 0 Å². The van der Waals surface area contributed by atoms with Gasteiger partial charge in [-0.05, 0) is 38.1 Å². The van der Waals surface area contributed by atoms with Crippen molar-refractivity contribution in [2.45, 2.75) is 18.9 Å². The third-order valence-corrected chi connectivity index (χ3v) is 5.81. The van der Waals surface area contributed by atoms with Gasteiger partial charge >= 0.3 is 0 Å². The Hall–Kier alpha value is -2.43. The number of rotatable bonds is 5. The minimum Gasteiger partial charge on any atom is -0.478 e. The Kier molecular flexibility index (Phi) is 5.60. The molecule has 0 unspecified atom stereocenters. The average molecular weight is 422 g/mol. The zero-order valence-corrected chi connectivity index (χ0v) is 16.2. The smallest absolute Gasteiger partial charge is 0.275 e. The molecule has 1 fully saturated rings. The Balaban J connectivity index is 1.48. The van der Waals surface area contributed by atoms with Gasteiger partial charge in [0.05, 0.1) is 11.8 Å². The maximum atomic E-state index is 13.9. The number of nitrogens with one attached hydrogen (secondary N) is 2. The van der Waals surface area contributed by atoms with Gasteiger partial charge in [-0.15, -0.1) is 11.3 Å². The minimum absolute atomic E-state index is 0.0710. The zero-order chi connectivity index (χ0) is 19.5. The van der Waals surface area contributed by atoms with Crippen LogP contribution < -0.4 is 15.4 Å². The molecular formula is C18H16F2N4O2S2. The summed E-state index contributed by atoms with van der Waals surface area (Å²) in [6.45, 7) is 1.78. The highest BCUT2D eigenvalue weighted by Crippen LogP contribution is 2.32. The third kappa shape index (κ3) is 4.03. The van der Waals surface area contributed by atoms with Crippen molar-refractivity contribution in [2.24, 2.45) is 0 Å². The molecule has 0 atom stereocenters. The van der Waals surface area contributed by atoms with Crippen molar-refractivity contribution in [2.75, 3.05) is 18.4 Å². The van der Waals surface area contributed by atoms with E-state index in [0.29, 0.717) is 10.8 Å². The lowest BCUT2D eigenvalue weighted by Gasteiger charge is -2.23. The van der Waals surface area contributed by atoms with Crippen molar-refractivity contribution >= 4 is 34.5 Å². The predicted octanol–water partition coefficient (Wildman–Crippen LogP) is 3.93. The number of halogens is 2. The number of ether oxygens (including phenoxy) is 1. The van der Waals surface area contributed by atoms with Gasteiger partial charge < -0.3 is 15.4 Å². The SMILES string of the molecule is O=C(Nc1cnsc1OC1CCNCC1)c1csc(-c2c(F)cccc2F)n1. The number of hydrogen-bond donors (Lipinski definition) is 2. The molecule has 2 aromatic heterocycles. The van der Waals surface area contributed by atoms with Gasteiger partial charge in [-0.2, -0.15) is 4.37 Å². The van der Waals surface area contributed by atoms with E-state index in [1.807, 2.05) is 0 Å². The summed E-state index contributed by atoms with van der Waals surface area (Å²) in [4.78, 5) is 16.6. The van der Waals surface area contributed by atoms with Gasteiger partial charge in [-0.25, -0.2) is 13.8 Å². The lowest BCUT2D eigenvalue weighted by molar-refractivity contribution is 0.102. The van der Waals surface area contributed by atoms with E-state index in [1.54, 1.807) is 0 Å². The molecular weight excluding hydrogens is 406 g/mol. The number of aromatic nitrogens is 2. The minimum atomic E-state index is -0.721. The Bertz CT molecular complexity index is 965. The molecule has 2 N–H and O–H groups in total. The number of anilines is 1. The molecule has 1 saturated heterocycles. The van der Waals surface area contributed by atoms with Crippen LogP contribution in [0.3, 0.4) is 0 Å². The molecule has 10 heteroatoms. The predicted molar refractivity (Wildman–Crippen MR) is 104 cm³/mol. The largest absolute Gasteiger partial charge is 0.478 e. The topological polar surface area (TPSA) is 76.1 Å². The molecule has 1 amide bonds. The van der Waals surface area contributed by atoms with Gasteiger partial charge in [0.15, 0.2) is 0 Å². The van der Waals surface area contributed by atoms with Crippen LogP contribution in [0.25, 0.3) is 10.6 Å². The lowest BCUT2D eigenvalue weighted by Crippen LogP contribution is -2.34. The van der Waals surface area contributed by atoms with Crippen LogP contribution in [-0.2, 0) is 0 Å². The van der Waals surface area contributed by atoms with E-state index in [1.165, 1.54) is 17.6 Å². The van der Waals surface area contributed by atoms with E-state index < -0.39 is 17.5 Å². The molecule has 3 heterocycles. The number of nitrogens with zero attached hydrogens (tertiary/aromatic N) is 2. The summed E-state index contributed by atoms with van der Waals surface area (Å²) < 4.78 is 37.9. The van der Waals surface area contributed by atoms with Gasteiger partial charge in [-0.3, -0.25) is 4.79 Å². The standard InChI is InChI=1S/C18H16F2N4O2S2/c19-11-2-1-3-12(20)15(11)17-24-14(9-27-17)16(25)23-13-8-22-28-18(13)26-10-4-6-21-7-5-10/h1-3,8-10,21H,4-7H2,(H,23,25). The molecule has 1 aliphatic rings. The fraction of sp³-hybridized carbons (Fsp3) is 0.278. The highest BCUT2D eigenvalue weighted by molar-refractivity contribution is 7.13. The molecule has 0 aliphatic carbocycles. The highest BCUT2D eigenvalue weighted by Gasteiger charge is 2.21. The molecule has 0 radical (unpaired) electrons. The summed E-state index contributed by atoms with van der Waals surface area (Å²) in [5.41, 5.74) is 0.292. The molecule has 6 nitrogen and oxygen atoms in total. The Morgan fingerprint density at radius 2 is 2.00 bits per heavy atom. The van der Waals surface area contributed by atoms with Crippen LogP contribution in [0.4, 0.5) is 14.5 Å². The Morgan fingerprint density at radius 3 is 2.75 bits per heavy atom. The van der Waals surface area contributed by atoms with E-state index in [2.05, 4.69) is 20.0 Å². The van der Waals surface area contributed by atoms with Crippen molar-refractivity contribution in [1.29, 1.82) is 0 Å². The van der Waals surface area contributed by atoms with Crippen LogP contribution >= 0.6 is 22.9 Å². The fourth-order valence-electron chi connectivity index (χ4n) is 2.84. The van der Waals surface area contributed by atoms with Gasteiger partial charge in [-0.1, -0.05) is 6.07 Å². The molecule has 0 spiro atoms. The molecule has 1 aliphatic heterocycles. The molecule has 4 rings (SSSR count). The summed E-state index contributed by atoms with van der Waals surface area (Å²) in [6.07, 6.45) is 3.36. The van der Waals surface area contributed by atoms with E-state index in [4.69, 9.17) is 4.74 Å². The molecule has 0 saturated carbocycles. The van der Waals surface area contributed by atoms with Gasteiger partial charge in [0.2, 0.25) is 5.06 Å². The monoisotopic (exact) mass is 422 g/mol. The van der Waals surface area contributed by atoms with Crippen molar-refractivity contribution in [3.8, 4) is 15.6 Å². The molecule has 28 heavy (non-hydrogen) atoms. The zero-order valence-electron chi connectivity index (χ0n) is 14.6. The van der Waals surface area contributed by atoms with Gasteiger partial charge in [0, 0.05) is 16.9 Å². The average Bonchev–Trinajstić information content (AvgIpc) is 3.33. The molecule has 1 aromatic carbocycles. The van der Waals surface area contributed by atoms with E-state index in [9.17, 15) is 13.6 Å². The number of hydrogen-bond acceptors (Lipinski definition) is 7. The first-order valence-electron chi connectivity index (χ1n) is 8.65. The number of piperidine rings is 1. The first kappa shape index (κ1) is 18.9. The Morgan fingerprint density at radius 1 is 1.25 bits per heavy atom. The van der Waals surface area contributed by atoms with Crippen LogP contribution in [-0.4, -0.2) is 34.5 Å². The maximum Gasteiger partial charge on any atom is 0.275 e. The second-order valence-corrected chi connectivity index (χ2v) is 7.81. The van der Waals surface area contributed by atoms with Gasteiger partial charge in [0.25, 0.3) is 5.91 Å². The van der Waals surface area contributed by atoms with E-state index in [-0.39, 0.29) is 22.4 Å². The second kappa shape index (κ2) is 8.29. The number of benzene rings is 1. The van der Waals surface area contributed by atoms with Crippen LogP contribution in [0.15, 0.2) is 29.8 Å². The summed E-state index contributed by atoms with van der Waals surface area (Å²) in [5, 5.41) is 8.09. The van der Waals surface area contributed by atoms with Gasteiger partial charge in [0.1, 0.15) is 34.1 Å². The first-order valence-corrected chi connectivity index (χ1v) is 10.3. The lowest BCUT2D eigenvalue weighted by atomic mass is 10.1. The third-order valence-electron chi connectivity index (χ3n) is 4.26. The van der Waals surface area contributed by atoms with Crippen molar-refractivity contribution in [1.82, 2.24) is 14.7 Å². The summed E-state index contributed by atoms with van der Waals surface area (Å²) in [7, 11) is 0. The normalized spacial score (nSPS) is 14.8. The van der Waals surface area contributed by atoms with Crippen LogP contribution in [0.2, 0.25) is 0 Å². The molecule has 0 bridgehead atoms. The van der Waals surface area contributed by atoms with Crippen molar-refractivity contribution < 1.29 is 18.3 Å².